The first-order valence-corrected chi connectivity index (χ1v) is 7.04. The van der Waals surface area contributed by atoms with E-state index in [1.54, 1.807) is 37.4 Å². The van der Waals surface area contributed by atoms with E-state index in [0.717, 1.165) is 11.1 Å². The maximum atomic E-state index is 13.2. The van der Waals surface area contributed by atoms with E-state index in [2.05, 4.69) is 5.43 Å². The molecule has 0 amide bonds. The van der Waals surface area contributed by atoms with Crippen LogP contribution in [0.5, 0.6) is 5.75 Å². The quantitative estimate of drug-likeness (QED) is 0.646. The Labute approximate surface area is 132 Å². The fourth-order valence-corrected chi connectivity index (χ4v) is 2.52. The summed E-state index contributed by atoms with van der Waals surface area (Å²) in [5.41, 5.74) is 4.41. The van der Waals surface area contributed by atoms with E-state index in [1.165, 1.54) is 6.07 Å². The lowest BCUT2D eigenvalue weighted by Gasteiger charge is -2.19. The fourth-order valence-electron chi connectivity index (χ4n) is 2.14. The molecule has 112 valence electrons. The second-order valence-electron chi connectivity index (χ2n) is 4.56. The third kappa shape index (κ3) is 3.86. The predicted molar refractivity (Wildman–Crippen MR) is 83.2 cm³/mol. The van der Waals surface area contributed by atoms with Crippen molar-refractivity contribution in [3.8, 4) is 5.75 Å². The zero-order valence-electron chi connectivity index (χ0n) is 11.4. The Balaban J connectivity index is 2.31. The maximum Gasteiger partial charge on any atom is 0.141 e. The topological polar surface area (TPSA) is 47.3 Å². The van der Waals surface area contributed by atoms with Crippen molar-refractivity contribution in [2.24, 2.45) is 5.84 Å². The molecule has 0 aromatic heterocycles. The Bertz CT molecular complexity index is 637. The minimum atomic E-state index is -0.446. The smallest absolute Gasteiger partial charge is 0.141 e. The molecule has 0 radical (unpaired) electrons. The summed E-state index contributed by atoms with van der Waals surface area (Å²) >= 11 is 11.8. The summed E-state index contributed by atoms with van der Waals surface area (Å²) in [5, 5.41) is 0.671. The van der Waals surface area contributed by atoms with E-state index in [-0.39, 0.29) is 11.1 Å². The molecule has 0 fully saturated rings. The van der Waals surface area contributed by atoms with Crippen LogP contribution in [0.1, 0.15) is 17.2 Å². The molecule has 3 N–H and O–H groups in total. The molecule has 2 aromatic rings. The van der Waals surface area contributed by atoms with Gasteiger partial charge in [0.1, 0.15) is 11.6 Å². The Morgan fingerprint density at radius 1 is 1.24 bits per heavy atom. The highest BCUT2D eigenvalue weighted by molar-refractivity contribution is 6.31. The van der Waals surface area contributed by atoms with Gasteiger partial charge in [0, 0.05) is 10.6 Å². The van der Waals surface area contributed by atoms with Crippen LogP contribution in [0.25, 0.3) is 0 Å². The molecule has 0 aliphatic rings. The molecule has 2 rings (SSSR count). The monoisotopic (exact) mass is 328 g/mol. The Hall–Kier alpha value is -1.33. The largest absolute Gasteiger partial charge is 0.496 e. The second-order valence-corrected chi connectivity index (χ2v) is 5.40. The summed E-state index contributed by atoms with van der Waals surface area (Å²) in [7, 11) is 1.58. The lowest BCUT2D eigenvalue weighted by Crippen LogP contribution is -2.30. The zero-order valence-corrected chi connectivity index (χ0v) is 12.9. The summed E-state index contributed by atoms with van der Waals surface area (Å²) in [6.07, 6.45) is 0.521. The van der Waals surface area contributed by atoms with Gasteiger partial charge >= 0.3 is 0 Å². The van der Waals surface area contributed by atoms with Gasteiger partial charge in [-0.1, -0.05) is 29.3 Å². The van der Waals surface area contributed by atoms with E-state index in [1.807, 2.05) is 0 Å². The number of methoxy groups -OCH3 is 1. The van der Waals surface area contributed by atoms with Crippen molar-refractivity contribution in [1.82, 2.24) is 5.43 Å². The van der Waals surface area contributed by atoms with Gasteiger partial charge in [-0.3, -0.25) is 11.3 Å². The van der Waals surface area contributed by atoms with E-state index >= 15 is 0 Å². The van der Waals surface area contributed by atoms with Crippen LogP contribution in [0.3, 0.4) is 0 Å². The Morgan fingerprint density at radius 3 is 2.62 bits per heavy atom. The molecule has 1 unspecified atom stereocenters. The molecule has 3 nitrogen and oxygen atoms in total. The van der Waals surface area contributed by atoms with E-state index in [0.29, 0.717) is 17.2 Å². The van der Waals surface area contributed by atoms with Crippen molar-refractivity contribution in [2.45, 2.75) is 12.5 Å². The van der Waals surface area contributed by atoms with Gasteiger partial charge in [0.2, 0.25) is 0 Å². The first kappa shape index (κ1) is 16.0. The Morgan fingerprint density at radius 2 is 2.00 bits per heavy atom. The van der Waals surface area contributed by atoms with E-state index in [9.17, 15) is 4.39 Å². The highest BCUT2D eigenvalue weighted by Gasteiger charge is 2.16. The summed E-state index contributed by atoms with van der Waals surface area (Å²) in [6, 6.07) is 9.66. The molecule has 0 aliphatic heterocycles. The van der Waals surface area contributed by atoms with Crippen molar-refractivity contribution >= 4 is 23.2 Å². The summed E-state index contributed by atoms with van der Waals surface area (Å²) in [4.78, 5) is 0. The standard InChI is InChI=1S/C15H15Cl2FN2O/c1-21-15-5-3-10(16)8-11(15)14(20-19)7-9-2-4-13(18)12(17)6-9/h2-6,8,14,20H,7,19H2,1H3. The second kappa shape index (κ2) is 7.09. The number of hydrogen-bond donors (Lipinski definition) is 2. The molecule has 6 heteroatoms. The van der Waals surface area contributed by atoms with Crippen LogP contribution >= 0.6 is 23.2 Å². The highest BCUT2D eigenvalue weighted by Crippen LogP contribution is 2.30. The van der Waals surface area contributed by atoms with Gasteiger partial charge in [-0.05, 0) is 42.3 Å². The molecule has 0 saturated heterocycles. The van der Waals surface area contributed by atoms with Gasteiger partial charge in [0.05, 0.1) is 18.2 Å². The normalized spacial score (nSPS) is 12.2. The zero-order chi connectivity index (χ0) is 15.4. The molecule has 0 saturated carbocycles. The van der Waals surface area contributed by atoms with Gasteiger partial charge in [-0.25, -0.2) is 4.39 Å². The SMILES string of the molecule is COc1ccc(Cl)cc1C(Cc1ccc(F)c(Cl)c1)NN. The van der Waals surface area contributed by atoms with E-state index < -0.39 is 5.82 Å². The number of benzene rings is 2. The number of hydrazine groups is 1. The minimum absolute atomic E-state index is 0.0846. The number of nitrogens with one attached hydrogen (secondary N) is 1. The van der Waals surface area contributed by atoms with Gasteiger partial charge in [0.25, 0.3) is 0 Å². The van der Waals surface area contributed by atoms with Crippen LogP contribution in [-0.2, 0) is 6.42 Å². The van der Waals surface area contributed by atoms with Crippen LogP contribution in [0.4, 0.5) is 4.39 Å². The fraction of sp³-hybridized carbons (Fsp3) is 0.200. The third-order valence-corrected chi connectivity index (χ3v) is 3.72. The molecule has 0 bridgehead atoms. The average molecular weight is 329 g/mol. The van der Waals surface area contributed by atoms with E-state index in [4.69, 9.17) is 33.8 Å². The van der Waals surface area contributed by atoms with Crippen molar-refractivity contribution in [3.05, 3.63) is 63.4 Å². The van der Waals surface area contributed by atoms with Gasteiger partial charge in [-0.2, -0.15) is 0 Å². The molecule has 1 atom stereocenters. The number of halogens is 3. The molecule has 0 aliphatic carbocycles. The van der Waals surface area contributed by atoms with Crippen molar-refractivity contribution in [3.63, 3.8) is 0 Å². The first-order valence-electron chi connectivity index (χ1n) is 6.28. The third-order valence-electron chi connectivity index (χ3n) is 3.19. The van der Waals surface area contributed by atoms with Crippen LogP contribution in [-0.4, -0.2) is 7.11 Å². The van der Waals surface area contributed by atoms with Crippen LogP contribution in [0.2, 0.25) is 10.0 Å². The lowest BCUT2D eigenvalue weighted by molar-refractivity contribution is 0.399. The van der Waals surface area contributed by atoms with Crippen molar-refractivity contribution in [1.29, 1.82) is 0 Å². The summed E-state index contributed by atoms with van der Waals surface area (Å²) in [5.74, 6) is 5.87. The lowest BCUT2D eigenvalue weighted by atomic mass is 9.98. The number of rotatable bonds is 5. The summed E-state index contributed by atoms with van der Waals surface area (Å²) < 4.78 is 18.5. The first-order chi connectivity index (χ1) is 10.0. The number of ether oxygens (including phenoxy) is 1. The number of hydrogen-bond acceptors (Lipinski definition) is 3. The maximum absolute atomic E-state index is 13.2. The molecular weight excluding hydrogens is 314 g/mol. The molecule has 0 spiro atoms. The van der Waals surface area contributed by atoms with Gasteiger partial charge < -0.3 is 4.74 Å². The van der Waals surface area contributed by atoms with Crippen LogP contribution in [0, 0.1) is 5.82 Å². The molecular formula is C15H15Cl2FN2O. The number of nitrogens with two attached hydrogens (primary N) is 1. The Kier molecular flexibility index (Phi) is 5.42. The average Bonchev–Trinajstić information content (AvgIpc) is 2.48. The van der Waals surface area contributed by atoms with Crippen LogP contribution in [0.15, 0.2) is 36.4 Å². The van der Waals surface area contributed by atoms with Crippen LogP contribution < -0.4 is 16.0 Å². The minimum Gasteiger partial charge on any atom is -0.496 e. The van der Waals surface area contributed by atoms with Gasteiger partial charge in [-0.15, -0.1) is 0 Å². The highest BCUT2D eigenvalue weighted by atomic mass is 35.5. The van der Waals surface area contributed by atoms with Crippen molar-refractivity contribution < 1.29 is 9.13 Å². The predicted octanol–water partition coefficient (Wildman–Crippen LogP) is 3.89. The molecule has 21 heavy (non-hydrogen) atoms. The van der Waals surface area contributed by atoms with Gasteiger partial charge in [0.15, 0.2) is 0 Å². The molecule has 2 aromatic carbocycles. The van der Waals surface area contributed by atoms with Crippen molar-refractivity contribution in [2.75, 3.05) is 7.11 Å². The summed E-state index contributed by atoms with van der Waals surface area (Å²) in [6.45, 7) is 0. The molecule has 0 heterocycles.